The van der Waals surface area contributed by atoms with Gasteiger partial charge in [0.1, 0.15) is 0 Å². The Morgan fingerprint density at radius 1 is 1.30 bits per heavy atom. The van der Waals surface area contributed by atoms with Crippen LogP contribution in [-0.2, 0) is 6.42 Å². The molecule has 1 amide bonds. The molecule has 5 nitrogen and oxygen atoms in total. The molecule has 0 spiro atoms. The second-order valence-electron chi connectivity index (χ2n) is 7.89. The average Bonchev–Trinajstić information content (AvgIpc) is 2.90. The molecule has 0 fully saturated rings. The molecule has 6 heteroatoms. The first kappa shape index (κ1) is 19.5. The smallest absolute Gasteiger partial charge is 0.248 e. The maximum atomic E-state index is 12.5. The van der Waals surface area contributed by atoms with Crippen molar-refractivity contribution in [2.75, 3.05) is 5.75 Å². The number of ketones is 1. The number of carbonyl (C=O) groups is 2. The largest absolute Gasteiger partial charge is 0.494 e. The first-order chi connectivity index (χ1) is 12.7. The van der Waals surface area contributed by atoms with E-state index < -0.39 is 5.91 Å². The first-order valence-electron chi connectivity index (χ1n) is 9.27. The van der Waals surface area contributed by atoms with Crippen LogP contribution in [0.5, 0.6) is 5.88 Å². The minimum Gasteiger partial charge on any atom is -0.494 e. The third-order valence-corrected chi connectivity index (χ3v) is 6.04. The SMILES string of the molecule is CCCCSc1cc(C(N)=O)ccc1-n1c(O)cc2c1CC(C)(C)CC2=O. The number of nitrogens with zero attached hydrogens (tertiary/aromatic N) is 1. The molecule has 0 aliphatic heterocycles. The third kappa shape index (κ3) is 3.90. The van der Waals surface area contributed by atoms with Gasteiger partial charge in [-0.25, -0.2) is 0 Å². The van der Waals surface area contributed by atoms with Crippen LogP contribution >= 0.6 is 11.8 Å². The van der Waals surface area contributed by atoms with E-state index >= 15 is 0 Å². The van der Waals surface area contributed by atoms with Gasteiger partial charge in [0.25, 0.3) is 0 Å². The van der Waals surface area contributed by atoms with Crippen molar-refractivity contribution in [2.24, 2.45) is 11.1 Å². The van der Waals surface area contributed by atoms with Crippen molar-refractivity contribution >= 4 is 23.5 Å². The van der Waals surface area contributed by atoms with Gasteiger partial charge in [0, 0.05) is 34.2 Å². The van der Waals surface area contributed by atoms with Crippen LogP contribution < -0.4 is 5.73 Å². The normalized spacial score (nSPS) is 15.6. The van der Waals surface area contributed by atoms with Gasteiger partial charge in [0.2, 0.25) is 5.91 Å². The Kier molecular flexibility index (Phi) is 5.38. The predicted octanol–water partition coefficient (Wildman–Crippen LogP) is 4.33. The zero-order valence-electron chi connectivity index (χ0n) is 16.0. The van der Waals surface area contributed by atoms with Crippen molar-refractivity contribution in [1.29, 1.82) is 0 Å². The number of aromatic nitrogens is 1. The highest BCUT2D eigenvalue weighted by Gasteiger charge is 2.35. The van der Waals surface area contributed by atoms with Gasteiger partial charge >= 0.3 is 0 Å². The number of benzene rings is 1. The standard InChI is InChI=1S/C21H26N2O3S/c1-4-5-8-27-18-9-13(20(22)26)6-7-15(18)23-16-11-21(2,3)12-17(24)14(16)10-19(23)25/h6-7,9-10,25H,4-5,8,11-12H2,1-3H3,(H2,22,26). The Balaban J connectivity index is 2.14. The fourth-order valence-corrected chi connectivity index (χ4v) is 4.73. The first-order valence-corrected chi connectivity index (χ1v) is 10.3. The monoisotopic (exact) mass is 386 g/mol. The molecule has 144 valence electrons. The van der Waals surface area contributed by atoms with E-state index in [1.165, 1.54) is 0 Å². The number of unbranched alkanes of at least 4 members (excludes halogenated alkanes) is 1. The minimum absolute atomic E-state index is 0.0511. The van der Waals surface area contributed by atoms with Crippen LogP contribution in [-0.4, -0.2) is 27.1 Å². The van der Waals surface area contributed by atoms with Crippen molar-refractivity contribution in [1.82, 2.24) is 4.57 Å². The third-order valence-electron chi connectivity index (χ3n) is 4.91. The summed E-state index contributed by atoms with van der Waals surface area (Å²) in [5.74, 6) is 0.536. The average molecular weight is 387 g/mol. The van der Waals surface area contributed by atoms with Gasteiger partial charge in [-0.05, 0) is 42.2 Å². The Morgan fingerprint density at radius 2 is 2.04 bits per heavy atom. The van der Waals surface area contributed by atoms with Crippen molar-refractivity contribution in [3.05, 3.63) is 41.1 Å². The summed E-state index contributed by atoms with van der Waals surface area (Å²) in [6, 6.07) is 6.82. The molecule has 0 saturated carbocycles. The van der Waals surface area contributed by atoms with Crippen LogP contribution in [0.15, 0.2) is 29.2 Å². The second kappa shape index (κ2) is 7.43. The molecule has 1 aromatic heterocycles. The van der Waals surface area contributed by atoms with E-state index in [1.807, 2.05) is 0 Å². The zero-order valence-corrected chi connectivity index (χ0v) is 16.9. The van der Waals surface area contributed by atoms with Gasteiger partial charge in [-0.1, -0.05) is 27.2 Å². The second-order valence-corrected chi connectivity index (χ2v) is 9.02. The van der Waals surface area contributed by atoms with Gasteiger partial charge in [-0.3, -0.25) is 14.2 Å². The lowest BCUT2D eigenvalue weighted by atomic mass is 9.76. The quantitative estimate of drug-likeness (QED) is 0.572. The summed E-state index contributed by atoms with van der Waals surface area (Å²) in [7, 11) is 0. The highest BCUT2D eigenvalue weighted by atomic mass is 32.2. The number of primary amides is 1. The molecule has 1 aliphatic rings. The molecule has 1 heterocycles. The molecule has 3 rings (SSSR count). The number of thioether (sulfide) groups is 1. The van der Waals surface area contributed by atoms with Gasteiger partial charge in [-0.15, -0.1) is 11.8 Å². The molecule has 2 aromatic rings. The molecular formula is C21H26N2O3S. The Bertz CT molecular complexity index is 899. The maximum absolute atomic E-state index is 12.5. The molecule has 0 radical (unpaired) electrons. The molecule has 0 atom stereocenters. The fraction of sp³-hybridized carbons (Fsp3) is 0.429. The molecule has 1 aliphatic carbocycles. The summed E-state index contributed by atoms with van der Waals surface area (Å²) in [4.78, 5) is 25.0. The van der Waals surface area contributed by atoms with Gasteiger partial charge < -0.3 is 10.8 Å². The van der Waals surface area contributed by atoms with Crippen molar-refractivity contribution in [3.63, 3.8) is 0 Å². The van der Waals surface area contributed by atoms with Crippen molar-refractivity contribution in [3.8, 4) is 11.6 Å². The Labute approximate surface area is 163 Å². The number of carbonyl (C=O) groups excluding carboxylic acids is 2. The van der Waals surface area contributed by atoms with Crippen LogP contribution in [0.1, 0.15) is 66.4 Å². The number of amides is 1. The summed E-state index contributed by atoms with van der Waals surface area (Å²) in [5, 5.41) is 10.6. The number of aromatic hydroxyl groups is 1. The van der Waals surface area contributed by atoms with Gasteiger partial charge in [0.15, 0.2) is 11.7 Å². The summed E-state index contributed by atoms with van der Waals surface area (Å²) >= 11 is 1.64. The number of Topliss-reactive ketones (excluding diaryl/α,β-unsaturated/α-hetero) is 1. The predicted molar refractivity (Wildman–Crippen MR) is 108 cm³/mol. The molecule has 1 aromatic carbocycles. The molecular weight excluding hydrogens is 360 g/mol. The molecule has 0 unspecified atom stereocenters. The van der Waals surface area contributed by atoms with Crippen LogP contribution in [0.2, 0.25) is 0 Å². The van der Waals surface area contributed by atoms with Crippen molar-refractivity contribution in [2.45, 2.75) is 51.3 Å². The number of hydrogen-bond acceptors (Lipinski definition) is 4. The zero-order chi connectivity index (χ0) is 19.8. The lowest BCUT2D eigenvalue weighted by molar-refractivity contribution is 0.0910. The van der Waals surface area contributed by atoms with Crippen LogP contribution in [0.25, 0.3) is 5.69 Å². The Hall–Kier alpha value is -2.21. The topological polar surface area (TPSA) is 85.3 Å². The summed E-state index contributed by atoms with van der Waals surface area (Å²) in [6.45, 7) is 6.26. The Morgan fingerprint density at radius 3 is 2.70 bits per heavy atom. The summed E-state index contributed by atoms with van der Waals surface area (Å²) in [6.07, 6.45) is 3.30. The number of fused-ring (bicyclic) bond motifs is 1. The number of hydrogen-bond donors (Lipinski definition) is 2. The summed E-state index contributed by atoms with van der Waals surface area (Å²) < 4.78 is 1.76. The van der Waals surface area contributed by atoms with Crippen molar-refractivity contribution < 1.29 is 14.7 Å². The molecule has 27 heavy (non-hydrogen) atoms. The number of rotatable bonds is 6. The van der Waals surface area contributed by atoms with Gasteiger partial charge in [-0.2, -0.15) is 0 Å². The number of nitrogens with two attached hydrogens (primary N) is 1. The molecule has 0 bridgehead atoms. The highest BCUT2D eigenvalue weighted by molar-refractivity contribution is 7.99. The van der Waals surface area contributed by atoms with Crippen LogP contribution in [0, 0.1) is 5.41 Å². The van der Waals surface area contributed by atoms with E-state index in [4.69, 9.17) is 5.73 Å². The lowest BCUT2D eigenvalue weighted by Gasteiger charge is -2.30. The fourth-order valence-electron chi connectivity index (χ4n) is 3.56. The van der Waals surface area contributed by atoms with Crippen LogP contribution in [0.4, 0.5) is 0 Å². The molecule has 3 N–H and O–H groups in total. The maximum Gasteiger partial charge on any atom is 0.248 e. The lowest BCUT2D eigenvalue weighted by Crippen LogP contribution is -2.27. The van der Waals surface area contributed by atoms with E-state index in [1.54, 1.807) is 40.6 Å². The van der Waals surface area contributed by atoms with E-state index in [0.717, 1.165) is 34.9 Å². The van der Waals surface area contributed by atoms with E-state index in [0.29, 0.717) is 24.0 Å². The molecule has 0 saturated heterocycles. The van der Waals surface area contributed by atoms with E-state index in [2.05, 4.69) is 20.8 Å². The van der Waals surface area contributed by atoms with E-state index in [9.17, 15) is 14.7 Å². The van der Waals surface area contributed by atoms with Gasteiger partial charge in [0.05, 0.1) is 5.69 Å². The van der Waals surface area contributed by atoms with Crippen LogP contribution in [0.3, 0.4) is 0 Å². The minimum atomic E-state index is -0.478. The highest BCUT2D eigenvalue weighted by Crippen LogP contribution is 2.41. The van der Waals surface area contributed by atoms with E-state index in [-0.39, 0.29) is 17.1 Å². The summed E-state index contributed by atoms with van der Waals surface area (Å²) in [5.41, 5.74) is 7.94.